The normalized spacial score (nSPS) is 14.1. The van der Waals surface area contributed by atoms with Gasteiger partial charge in [-0.3, -0.25) is 18.6 Å². The van der Waals surface area contributed by atoms with Crippen LogP contribution in [0, 0.1) is 0 Å². The molecule has 0 radical (unpaired) electrons. The van der Waals surface area contributed by atoms with Crippen molar-refractivity contribution >= 4 is 19.7 Å². The van der Waals surface area contributed by atoms with E-state index in [1.165, 1.54) is 180 Å². The second kappa shape index (κ2) is 64.9. The summed E-state index contributed by atoms with van der Waals surface area (Å²) in [6.07, 6.45) is 88.4. The number of esters is 1. The molecule has 0 aliphatic carbocycles. The molecule has 0 aliphatic heterocycles. The number of rotatable bonds is 65. The van der Waals surface area contributed by atoms with Gasteiger partial charge in [-0.15, -0.1) is 0 Å². The lowest BCUT2D eigenvalue weighted by Crippen LogP contribution is -2.47. The predicted molar refractivity (Wildman–Crippen MR) is 374 cm³/mol. The number of carbonyl (C=O) groups is 2. The Hall–Kier alpha value is -3.07. The van der Waals surface area contributed by atoms with Crippen LogP contribution in [0.4, 0.5) is 0 Å². The first-order valence-electron chi connectivity index (χ1n) is 36.1. The van der Waals surface area contributed by atoms with Crippen LogP contribution in [0.3, 0.4) is 0 Å². The van der Waals surface area contributed by atoms with Crippen molar-refractivity contribution in [1.82, 2.24) is 5.32 Å². The van der Waals surface area contributed by atoms with E-state index in [9.17, 15) is 19.0 Å². The number of phosphoric ester groups is 1. The molecule has 0 aromatic carbocycles. The highest BCUT2D eigenvalue weighted by atomic mass is 31.2. The molecule has 0 rings (SSSR count). The minimum Gasteiger partial charge on any atom is -0.456 e. The van der Waals surface area contributed by atoms with Gasteiger partial charge in [0.15, 0.2) is 0 Å². The summed E-state index contributed by atoms with van der Waals surface area (Å²) in [6, 6.07) is -0.857. The van der Waals surface area contributed by atoms with Crippen LogP contribution in [-0.2, 0) is 27.9 Å². The number of carbonyl (C=O) groups excluding carboxylic acids is 2. The first-order valence-corrected chi connectivity index (χ1v) is 37.6. The summed E-state index contributed by atoms with van der Waals surface area (Å²) < 4.78 is 30.8. The third-order valence-electron chi connectivity index (χ3n) is 15.8. The van der Waals surface area contributed by atoms with Crippen molar-refractivity contribution in [1.29, 1.82) is 0 Å². The van der Waals surface area contributed by atoms with Gasteiger partial charge >= 0.3 is 13.8 Å². The summed E-state index contributed by atoms with van der Waals surface area (Å²) in [4.78, 5) is 37.9. The molecule has 0 bridgehead atoms. The standard InChI is InChI=1S/C76H137N2O7P/c1-7-10-13-16-19-22-25-28-30-32-34-36-38-39-41-43-45-47-49-51-54-57-60-63-66-69-76(80)85-74(67-64-61-58-55-52-27-24-21-18-15-12-9-3)73(72-84-86(81,82)83-71-70-78(4,5)6)77-75(79)68-65-62-59-56-53-50-48-46-44-42-40-37-35-33-31-29-26-23-20-17-14-11-8-2/h10,13,19-20,22-23,28-31,34,36,39,41,64,67,73-74H,7-9,11-12,14-18,21,24-27,32-33,35,37-38,40,42-63,65-66,68-72H2,1-6H3,(H-,77,79,81,82)/p+1/b13-10-,22-19-,23-20-,30-28-,31-29-,36-34-,41-39-,67-64+. The zero-order valence-electron chi connectivity index (χ0n) is 57.0. The quantitative estimate of drug-likeness (QED) is 0.0205. The number of nitrogens with zero attached hydrogens (tertiary/aromatic N) is 1. The van der Waals surface area contributed by atoms with Crippen molar-refractivity contribution < 1.29 is 37.3 Å². The van der Waals surface area contributed by atoms with Crippen molar-refractivity contribution in [2.75, 3.05) is 40.9 Å². The number of quaternary nitrogens is 1. The number of amides is 1. The molecule has 0 saturated heterocycles. The summed E-state index contributed by atoms with van der Waals surface area (Å²) in [5.74, 6) is -0.507. The van der Waals surface area contributed by atoms with Gasteiger partial charge < -0.3 is 19.4 Å². The number of hydrogen-bond acceptors (Lipinski definition) is 6. The number of hydrogen-bond donors (Lipinski definition) is 2. The van der Waals surface area contributed by atoms with Gasteiger partial charge in [-0.25, -0.2) is 4.57 Å². The molecule has 0 aliphatic rings. The fourth-order valence-electron chi connectivity index (χ4n) is 10.2. The van der Waals surface area contributed by atoms with Gasteiger partial charge in [-0.1, -0.05) is 298 Å². The molecule has 3 atom stereocenters. The SMILES string of the molecule is CC/C=C\C/C=C\C/C=C\C/C=C\C/C=C\CCCCCCCCCCCC(=O)OC(/C=C/CCCCCCCCCCCC)C(COP(=O)(O)OCC[N+](C)(C)C)NC(=O)CCCCCCCCCCCCCCC/C=C\C/C=C\CCCCC. The summed E-state index contributed by atoms with van der Waals surface area (Å²) in [7, 11) is 1.49. The number of likely N-dealkylation sites (N-methyl/N-ethyl adjacent to an activating group) is 1. The van der Waals surface area contributed by atoms with E-state index in [4.69, 9.17) is 13.8 Å². The van der Waals surface area contributed by atoms with Gasteiger partial charge in [0.2, 0.25) is 5.91 Å². The lowest BCUT2D eigenvalue weighted by atomic mass is 10.0. The average molecular weight is 1220 g/mol. The number of phosphoric acid groups is 1. The zero-order chi connectivity index (χ0) is 62.8. The van der Waals surface area contributed by atoms with Crippen LogP contribution in [0.2, 0.25) is 0 Å². The molecule has 0 fully saturated rings. The minimum atomic E-state index is -4.46. The molecule has 1 amide bonds. The van der Waals surface area contributed by atoms with E-state index >= 15 is 0 Å². The van der Waals surface area contributed by atoms with E-state index < -0.39 is 20.0 Å². The average Bonchev–Trinajstić information content (AvgIpc) is 3.65. The molecule has 3 unspecified atom stereocenters. The smallest absolute Gasteiger partial charge is 0.456 e. The van der Waals surface area contributed by atoms with Crippen LogP contribution in [-0.4, -0.2) is 74.3 Å². The van der Waals surface area contributed by atoms with E-state index in [0.717, 1.165) is 109 Å². The molecule has 0 saturated carbocycles. The number of unbranched alkanes of at least 4 members (excludes halogenated alkanes) is 35. The molecule has 2 N–H and O–H groups in total. The van der Waals surface area contributed by atoms with Gasteiger partial charge in [-0.2, -0.15) is 0 Å². The summed E-state index contributed by atoms with van der Waals surface area (Å²) in [6.45, 7) is 6.90. The molecule has 86 heavy (non-hydrogen) atoms. The van der Waals surface area contributed by atoms with Crippen molar-refractivity contribution in [3.8, 4) is 0 Å². The molecule has 0 aromatic heterocycles. The number of allylic oxidation sites excluding steroid dienone is 15. The van der Waals surface area contributed by atoms with E-state index in [1.807, 2.05) is 33.3 Å². The Labute approximate surface area is 532 Å². The highest BCUT2D eigenvalue weighted by molar-refractivity contribution is 7.47. The predicted octanol–water partition coefficient (Wildman–Crippen LogP) is 23.1. The third-order valence-corrected chi connectivity index (χ3v) is 16.7. The molecule has 0 spiro atoms. The lowest BCUT2D eigenvalue weighted by molar-refractivity contribution is -0.870. The molecular weight excluding hydrogens is 1080 g/mol. The summed E-state index contributed by atoms with van der Waals surface area (Å²) in [5.41, 5.74) is 0. The van der Waals surface area contributed by atoms with Crippen molar-refractivity contribution in [2.45, 2.75) is 335 Å². The molecule has 498 valence electrons. The maximum absolute atomic E-state index is 13.6. The maximum atomic E-state index is 13.6. The monoisotopic (exact) mass is 1220 g/mol. The Morgan fingerprint density at radius 2 is 0.744 bits per heavy atom. The van der Waals surface area contributed by atoms with Crippen molar-refractivity contribution in [3.05, 3.63) is 97.2 Å². The Bertz CT molecular complexity index is 1790. The topological polar surface area (TPSA) is 111 Å². The Morgan fingerprint density at radius 3 is 1.14 bits per heavy atom. The largest absolute Gasteiger partial charge is 0.472 e. The Morgan fingerprint density at radius 1 is 0.419 bits per heavy atom. The first kappa shape index (κ1) is 82.9. The van der Waals surface area contributed by atoms with Crippen molar-refractivity contribution in [2.24, 2.45) is 0 Å². The third kappa shape index (κ3) is 65.4. The van der Waals surface area contributed by atoms with E-state index in [-0.39, 0.29) is 31.5 Å². The zero-order valence-corrected chi connectivity index (χ0v) is 57.9. The van der Waals surface area contributed by atoms with Crippen LogP contribution in [0.5, 0.6) is 0 Å². The van der Waals surface area contributed by atoms with Crippen molar-refractivity contribution in [3.63, 3.8) is 0 Å². The summed E-state index contributed by atoms with van der Waals surface area (Å²) >= 11 is 0. The van der Waals surface area contributed by atoms with Gasteiger partial charge in [0, 0.05) is 12.8 Å². The Kier molecular flexibility index (Phi) is 62.6. The number of ether oxygens (including phenoxy) is 1. The maximum Gasteiger partial charge on any atom is 0.472 e. The van der Waals surface area contributed by atoms with Gasteiger partial charge in [0.1, 0.15) is 19.3 Å². The first-order chi connectivity index (χ1) is 41.9. The highest BCUT2D eigenvalue weighted by Gasteiger charge is 2.30. The van der Waals surface area contributed by atoms with Crippen LogP contribution in [0.15, 0.2) is 97.2 Å². The van der Waals surface area contributed by atoms with E-state index in [1.54, 1.807) is 0 Å². The van der Waals surface area contributed by atoms with Gasteiger partial charge in [0.05, 0.1) is 33.8 Å². The van der Waals surface area contributed by atoms with Crippen LogP contribution < -0.4 is 5.32 Å². The molecule has 9 nitrogen and oxygen atoms in total. The minimum absolute atomic E-state index is 0.0361. The number of nitrogens with one attached hydrogen (secondary N) is 1. The fraction of sp³-hybridized carbons (Fsp3) is 0.763. The van der Waals surface area contributed by atoms with Crippen LogP contribution >= 0.6 is 7.82 Å². The Balaban J connectivity index is 5.07. The van der Waals surface area contributed by atoms with Gasteiger partial charge in [-0.05, 0) is 109 Å². The van der Waals surface area contributed by atoms with Crippen LogP contribution in [0.1, 0.15) is 323 Å². The lowest BCUT2D eigenvalue weighted by Gasteiger charge is -2.27. The molecule has 0 heterocycles. The fourth-order valence-corrected chi connectivity index (χ4v) is 11.0. The summed E-state index contributed by atoms with van der Waals surface area (Å²) in [5, 5.41) is 3.07. The molecule has 0 aromatic rings. The van der Waals surface area contributed by atoms with E-state index in [2.05, 4.69) is 111 Å². The molecule has 10 heteroatoms. The van der Waals surface area contributed by atoms with E-state index in [0.29, 0.717) is 17.4 Å². The second-order valence-electron chi connectivity index (χ2n) is 25.4. The van der Waals surface area contributed by atoms with Gasteiger partial charge in [0.25, 0.3) is 0 Å². The molecular formula is C76H138N2O7P+. The van der Waals surface area contributed by atoms with Crippen LogP contribution in [0.25, 0.3) is 0 Å². The highest BCUT2D eigenvalue weighted by Crippen LogP contribution is 2.43. The second-order valence-corrected chi connectivity index (χ2v) is 26.8.